The minimum atomic E-state index is -0.707. The number of benzene rings is 2. The van der Waals surface area contributed by atoms with Gasteiger partial charge in [0, 0.05) is 18.4 Å². The number of likely N-dealkylation sites (tertiary alicyclic amines) is 1. The van der Waals surface area contributed by atoms with Gasteiger partial charge in [-0.05, 0) is 27.8 Å². The Morgan fingerprint density at radius 3 is 2.39 bits per heavy atom. The van der Waals surface area contributed by atoms with Gasteiger partial charge in [-0.25, -0.2) is 4.79 Å². The largest absolute Gasteiger partial charge is 0.467 e. The lowest BCUT2D eigenvalue weighted by Crippen LogP contribution is -2.42. The highest BCUT2D eigenvalue weighted by Gasteiger charge is 2.40. The summed E-state index contributed by atoms with van der Waals surface area (Å²) in [5, 5.41) is 9.92. The number of aliphatic hydroxyl groups excluding tert-OH is 1. The molecule has 1 aliphatic heterocycles. The standard InChI is InChI=1S/C23H25NO4.C2H6.CH3NO/c1-23(2)18-7-5-4-6-16(18)17-10-14(8-9-19(17)23)11-21(26)24-13-15(25)12-20(24)22(27)28-3;1-2;2-1-3/h4-10,15,20,25H,11-13H2,1-3H3;1-2H3;1H,(H2,2,3)/t15-,20?;;/m1../s1. The van der Waals surface area contributed by atoms with Crippen molar-refractivity contribution in [2.45, 2.75) is 58.1 Å². The molecule has 0 aromatic heterocycles. The van der Waals surface area contributed by atoms with Gasteiger partial charge < -0.3 is 20.5 Å². The van der Waals surface area contributed by atoms with Gasteiger partial charge in [0.2, 0.25) is 12.3 Å². The van der Waals surface area contributed by atoms with Crippen LogP contribution in [0.4, 0.5) is 0 Å². The molecule has 1 heterocycles. The highest BCUT2D eigenvalue weighted by Crippen LogP contribution is 2.48. The van der Waals surface area contributed by atoms with E-state index in [0.29, 0.717) is 0 Å². The number of carbonyl (C=O) groups is 3. The molecular weight excluding hydrogens is 420 g/mol. The number of hydrogen-bond donors (Lipinski definition) is 2. The molecule has 0 bridgehead atoms. The summed E-state index contributed by atoms with van der Waals surface area (Å²) in [6, 6.07) is 13.9. The molecule has 1 unspecified atom stereocenters. The fraction of sp³-hybridized carbons (Fsp3) is 0.423. The van der Waals surface area contributed by atoms with Gasteiger partial charge in [0.1, 0.15) is 6.04 Å². The first kappa shape index (κ1) is 26.1. The van der Waals surface area contributed by atoms with Crippen LogP contribution in [-0.2, 0) is 31.0 Å². The van der Waals surface area contributed by atoms with Crippen LogP contribution >= 0.6 is 0 Å². The molecule has 0 radical (unpaired) electrons. The quantitative estimate of drug-likeness (QED) is 0.547. The summed E-state index contributed by atoms with van der Waals surface area (Å²) >= 11 is 0. The molecule has 1 fully saturated rings. The second-order valence-corrected chi connectivity index (χ2v) is 8.34. The van der Waals surface area contributed by atoms with Crippen LogP contribution in [0.25, 0.3) is 11.1 Å². The Morgan fingerprint density at radius 2 is 1.76 bits per heavy atom. The topological polar surface area (TPSA) is 110 Å². The molecule has 1 saturated heterocycles. The monoisotopic (exact) mass is 454 g/mol. The van der Waals surface area contributed by atoms with Crippen molar-refractivity contribution in [2.75, 3.05) is 13.7 Å². The SMILES string of the molecule is CC.COC(=O)C1C[C@@H](O)CN1C(=O)Cc1ccc2c(c1)-c1ccccc1C2(C)C.NC=O. The third-order valence-corrected chi connectivity index (χ3v) is 6.08. The Labute approximate surface area is 195 Å². The molecule has 33 heavy (non-hydrogen) atoms. The normalized spacial score (nSPS) is 19.2. The second kappa shape index (κ2) is 11.1. The van der Waals surface area contributed by atoms with E-state index in [4.69, 9.17) is 9.53 Å². The molecule has 4 rings (SSSR count). The minimum Gasteiger partial charge on any atom is -0.467 e. The van der Waals surface area contributed by atoms with Crippen LogP contribution in [0, 0.1) is 0 Å². The van der Waals surface area contributed by atoms with Gasteiger partial charge in [-0.2, -0.15) is 0 Å². The lowest BCUT2D eigenvalue weighted by atomic mass is 9.82. The Bertz CT molecular complexity index is 1000. The Kier molecular flexibility index (Phi) is 8.76. The summed E-state index contributed by atoms with van der Waals surface area (Å²) in [6.07, 6.45) is -0.0268. The molecule has 2 amide bonds. The highest BCUT2D eigenvalue weighted by atomic mass is 16.5. The fourth-order valence-corrected chi connectivity index (χ4v) is 4.60. The number of aliphatic hydroxyl groups is 1. The number of carbonyl (C=O) groups excluding carboxylic acids is 3. The van der Waals surface area contributed by atoms with Crippen molar-refractivity contribution in [1.82, 2.24) is 4.90 Å². The molecule has 7 nitrogen and oxygen atoms in total. The maximum absolute atomic E-state index is 12.9. The first-order valence-electron chi connectivity index (χ1n) is 11.2. The van der Waals surface area contributed by atoms with E-state index in [1.807, 2.05) is 26.0 Å². The van der Waals surface area contributed by atoms with E-state index in [1.165, 1.54) is 28.7 Å². The van der Waals surface area contributed by atoms with Crippen molar-refractivity contribution in [1.29, 1.82) is 0 Å². The summed E-state index contributed by atoms with van der Waals surface area (Å²) in [6.45, 7) is 8.60. The number of methoxy groups -OCH3 is 1. The van der Waals surface area contributed by atoms with Crippen molar-refractivity contribution in [3.63, 3.8) is 0 Å². The van der Waals surface area contributed by atoms with Crippen molar-refractivity contribution in [2.24, 2.45) is 5.73 Å². The van der Waals surface area contributed by atoms with Crippen LogP contribution in [-0.4, -0.2) is 54.1 Å². The van der Waals surface area contributed by atoms with Gasteiger partial charge in [-0.15, -0.1) is 0 Å². The van der Waals surface area contributed by atoms with E-state index in [0.717, 1.165) is 11.1 Å². The molecule has 3 N–H and O–H groups in total. The lowest BCUT2D eigenvalue weighted by molar-refractivity contribution is -0.150. The number of ether oxygens (including phenoxy) is 1. The number of nitrogens with zero attached hydrogens (tertiary/aromatic N) is 1. The number of rotatable bonds is 3. The molecule has 2 atom stereocenters. The molecule has 2 aliphatic rings. The van der Waals surface area contributed by atoms with Crippen molar-refractivity contribution >= 4 is 18.3 Å². The molecule has 7 heteroatoms. The highest BCUT2D eigenvalue weighted by molar-refractivity contribution is 5.87. The first-order chi connectivity index (χ1) is 15.7. The van der Waals surface area contributed by atoms with Crippen LogP contribution in [0.3, 0.4) is 0 Å². The number of nitrogens with two attached hydrogens (primary N) is 1. The molecular formula is C26H34N2O5. The molecule has 178 valence electrons. The second-order valence-electron chi connectivity index (χ2n) is 8.34. The Hall–Kier alpha value is -3.19. The zero-order chi connectivity index (χ0) is 24.8. The number of fused-ring (bicyclic) bond motifs is 3. The zero-order valence-electron chi connectivity index (χ0n) is 20.0. The van der Waals surface area contributed by atoms with Gasteiger partial charge in [0.25, 0.3) is 0 Å². The van der Waals surface area contributed by atoms with Crippen molar-refractivity contribution < 1.29 is 24.2 Å². The van der Waals surface area contributed by atoms with Crippen LogP contribution < -0.4 is 5.73 Å². The van der Waals surface area contributed by atoms with E-state index in [-0.39, 0.29) is 37.1 Å². The summed E-state index contributed by atoms with van der Waals surface area (Å²) in [4.78, 5) is 34.9. The fourth-order valence-electron chi connectivity index (χ4n) is 4.60. The lowest BCUT2D eigenvalue weighted by Gasteiger charge is -2.23. The molecule has 2 aromatic rings. The Balaban J connectivity index is 0.000000714. The van der Waals surface area contributed by atoms with E-state index < -0.39 is 18.1 Å². The van der Waals surface area contributed by atoms with E-state index in [2.05, 4.69) is 49.9 Å². The van der Waals surface area contributed by atoms with Gasteiger partial charge in [-0.1, -0.05) is 70.2 Å². The molecule has 1 aliphatic carbocycles. The minimum absolute atomic E-state index is 0.0660. The average Bonchev–Trinajstić information content (AvgIpc) is 3.31. The summed E-state index contributed by atoms with van der Waals surface area (Å²) < 4.78 is 4.79. The summed E-state index contributed by atoms with van der Waals surface area (Å²) in [5.74, 6) is -0.646. The number of β-amino-alcohol motifs (C(OH)–C–C–N with tert-alkyl or cyclic N) is 1. The average molecular weight is 455 g/mol. The summed E-state index contributed by atoms with van der Waals surface area (Å²) in [5.41, 5.74) is 9.93. The third kappa shape index (κ3) is 5.25. The van der Waals surface area contributed by atoms with Crippen LogP contribution in [0.15, 0.2) is 42.5 Å². The first-order valence-corrected chi connectivity index (χ1v) is 11.2. The number of hydrogen-bond acceptors (Lipinski definition) is 5. The number of esters is 1. The van der Waals surface area contributed by atoms with Crippen molar-refractivity contribution in [3.05, 3.63) is 59.2 Å². The van der Waals surface area contributed by atoms with E-state index in [1.54, 1.807) is 0 Å². The maximum atomic E-state index is 12.9. The number of amides is 2. The smallest absolute Gasteiger partial charge is 0.328 e. The predicted octanol–water partition coefficient (Wildman–Crippen LogP) is 2.80. The van der Waals surface area contributed by atoms with Gasteiger partial charge in [0.15, 0.2) is 0 Å². The maximum Gasteiger partial charge on any atom is 0.328 e. The number of primary amides is 1. The van der Waals surface area contributed by atoms with Gasteiger partial charge in [0.05, 0.1) is 19.6 Å². The van der Waals surface area contributed by atoms with Gasteiger partial charge >= 0.3 is 5.97 Å². The molecule has 2 aromatic carbocycles. The summed E-state index contributed by atoms with van der Waals surface area (Å²) in [7, 11) is 1.30. The van der Waals surface area contributed by atoms with Crippen LogP contribution in [0.5, 0.6) is 0 Å². The molecule has 0 saturated carbocycles. The molecule has 0 spiro atoms. The van der Waals surface area contributed by atoms with Crippen molar-refractivity contribution in [3.8, 4) is 11.1 Å². The third-order valence-electron chi connectivity index (χ3n) is 6.08. The van der Waals surface area contributed by atoms with E-state index >= 15 is 0 Å². The Morgan fingerprint density at radius 1 is 1.15 bits per heavy atom. The van der Waals surface area contributed by atoms with Gasteiger partial charge in [-0.3, -0.25) is 9.59 Å². The van der Waals surface area contributed by atoms with Crippen LogP contribution in [0.2, 0.25) is 0 Å². The van der Waals surface area contributed by atoms with E-state index in [9.17, 15) is 14.7 Å². The zero-order valence-corrected chi connectivity index (χ0v) is 20.0. The predicted molar refractivity (Wildman–Crippen MR) is 127 cm³/mol. The van der Waals surface area contributed by atoms with Crippen LogP contribution in [0.1, 0.15) is 50.8 Å².